The average molecular weight is 247 g/mol. The van der Waals surface area contributed by atoms with Gasteiger partial charge in [-0.15, -0.1) is 11.3 Å². The van der Waals surface area contributed by atoms with Gasteiger partial charge in [0.15, 0.2) is 6.29 Å². The fourth-order valence-electron chi connectivity index (χ4n) is 1.54. The number of carbonyl (C=O) groups excluding carboxylic acids is 1. The first-order valence-electron chi connectivity index (χ1n) is 5.34. The maximum Gasteiger partial charge on any atom is 0.169 e. The molecule has 0 atom stereocenters. The molecule has 0 amide bonds. The van der Waals surface area contributed by atoms with Crippen molar-refractivity contribution in [1.29, 1.82) is 0 Å². The Morgan fingerprint density at radius 1 is 1.29 bits per heavy atom. The van der Waals surface area contributed by atoms with E-state index in [9.17, 15) is 4.79 Å². The lowest BCUT2D eigenvalue weighted by molar-refractivity contribution is 0.111. The lowest BCUT2D eigenvalue weighted by Gasteiger charge is -2.02. The first kappa shape index (κ1) is 11.8. The summed E-state index contributed by atoms with van der Waals surface area (Å²) in [4.78, 5) is 14.7. The van der Waals surface area contributed by atoms with Crippen LogP contribution in [0.2, 0.25) is 0 Å². The maximum absolute atomic E-state index is 10.5. The van der Waals surface area contributed by atoms with Crippen LogP contribution >= 0.6 is 11.3 Å². The van der Waals surface area contributed by atoms with Crippen LogP contribution in [-0.4, -0.2) is 18.4 Å². The predicted molar refractivity (Wildman–Crippen MR) is 67.9 cm³/mol. The van der Waals surface area contributed by atoms with Crippen LogP contribution in [0.25, 0.3) is 0 Å². The zero-order valence-corrected chi connectivity index (χ0v) is 10.4. The second-order valence-corrected chi connectivity index (χ2v) is 4.57. The molecule has 0 aliphatic heterocycles. The average Bonchev–Trinajstić information content (AvgIpc) is 2.85. The summed E-state index contributed by atoms with van der Waals surface area (Å²) < 4.78 is 5.10. The second kappa shape index (κ2) is 5.59. The van der Waals surface area contributed by atoms with Crippen molar-refractivity contribution in [3.8, 4) is 5.75 Å². The molecule has 3 nitrogen and oxygen atoms in total. The SMILES string of the molecule is COc1ccc(CCc2nc(C=O)cs2)cc1. The molecule has 2 aromatic rings. The molecule has 0 spiro atoms. The zero-order chi connectivity index (χ0) is 12.1. The van der Waals surface area contributed by atoms with E-state index in [0.717, 1.165) is 29.9 Å². The molecule has 1 heterocycles. The van der Waals surface area contributed by atoms with Crippen molar-refractivity contribution in [3.05, 3.63) is 45.9 Å². The third kappa shape index (κ3) is 3.14. The van der Waals surface area contributed by atoms with Gasteiger partial charge in [-0.1, -0.05) is 12.1 Å². The molecule has 4 heteroatoms. The van der Waals surface area contributed by atoms with E-state index in [-0.39, 0.29) is 0 Å². The highest BCUT2D eigenvalue weighted by molar-refractivity contribution is 7.09. The van der Waals surface area contributed by atoms with E-state index in [0.29, 0.717) is 5.69 Å². The molecule has 0 unspecified atom stereocenters. The highest BCUT2D eigenvalue weighted by Crippen LogP contribution is 2.15. The summed E-state index contributed by atoms with van der Waals surface area (Å²) in [7, 11) is 1.66. The van der Waals surface area contributed by atoms with E-state index in [1.807, 2.05) is 24.3 Å². The number of carbonyl (C=O) groups is 1. The number of thiazole rings is 1. The molecule has 0 bridgehead atoms. The minimum Gasteiger partial charge on any atom is -0.497 e. The molecule has 2 rings (SSSR count). The summed E-state index contributed by atoms with van der Waals surface area (Å²) in [5.74, 6) is 0.867. The Hall–Kier alpha value is -1.68. The molecule has 0 saturated carbocycles. The smallest absolute Gasteiger partial charge is 0.169 e. The molecule has 0 fully saturated rings. The molecule has 1 aromatic heterocycles. The van der Waals surface area contributed by atoms with Gasteiger partial charge in [-0.05, 0) is 24.1 Å². The van der Waals surface area contributed by atoms with E-state index in [1.54, 1.807) is 12.5 Å². The third-order valence-electron chi connectivity index (χ3n) is 2.48. The van der Waals surface area contributed by atoms with Crippen LogP contribution in [0.4, 0.5) is 0 Å². The number of ether oxygens (including phenoxy) is 1. The third-order valence-corrected chi connectivity index (χ3v) is 3.40. The summed E-state index contributed by atoms with van der Waals surface area (Å²) >= 11 is 1.53. The van der Waals surface area contributed by atoms with Crippen LogP contribution < -0.4 is 4.74 Å². The van der Waals surface area contributed by atoms with Crippen LogP contribution in [0.3, 0.4) is 0 Å². The largest absolute Gasteiger partial charge is 0.497 e. The van der Waals surface area contributed by atoms with Gasteiger partial charge in [0.2, 0.25) is 0 Å². The molecule has 0 saturated heterocycles. The first-order valence-corrected chi connectivity index (χ1v) is 6.22. The van der Waals surface area contributed by atoms with E-state index >= 15 is 0 Å². The molecule has 0 N–H and O–H groups in total. The number of benzene rings is 1. The monoisotopic (exact) mass is 247 g/mol. The lowest BCUT2D eigenvalue weighted by atomic mass is 10.1. The quantitative estimate of drug-likeness (QED) is 0.763. The van der Waals surface area contributed by atoms with Gasteiger partial charge in [0, 0.05) is 11.8 Å². The van der Waals surface area contributed by atoms with Crippen molar-refractivity contribution >= 4 is 17.6 Å². The van der Waals surface area contributed by atoms with Gasteiger partial charge < -0.3 is 4.74 Å². The fraction of sp³-hybridized carbons (Fsp3) is 0.231. The number of aldehydes is 1. The summed E-state index contributed by atoms with van der Waals surface area (Å²) in [6, 6.07) is 8.00. The van der Waals surface area contributed by atoms with E-state index in [2.05, 4.69) is 4.98 Å². The highest BCUT2D eigenvalue weighted by atomic mass is 32.1. The standard InChI is InChI=1S/C13H13NO2S/c1-16-12-5-2-10(3-6-12)4-7-13-14-11(8-15)9-17-13/h2-3,5-6,8-9H,4,7H2,1H3. The fourth-order valence-corrected chi connectivity index (χ4v) is 2.28. The summed E-state index contributed by atoms with van der Waals surface area (Å²) in [5.41, 5.74) is 1.77. The number of hydrogen-bond donors (Lipinski definition) is 0. The van der Waals surface area contributed by atoms with E-state index in [4.69, 9.17) is 4.74 Å². The molecule has 88 valence electrons. The Balaban J connectivity index is 1.94. The Morgan fingerprint density at radius 3 is 2.65 bits per heavy atom. The Kier molecular flexibility index (Phi) is 3.88. The minimum atomic E-state index is 0.528. The summed E-state index contributed by atoms with van der Waals surface area (Å²) in [6.45, 7) is 0. The van der Waals surface area contributed by atoms with Crippen molar-refractivity contribution < 1.29 is 9.53 Å². The van der Waals surface area contributed by atoms with Gasteiger partial charge in [-0.2, -0.15) is 0 Å². The van der Waals surface area contributed by atoms with Crippen LogP contribution in [0.15, 0.2) is 29.6 Å². The van der Waals surface area contributed by atoms with Gasteiger partial charge in [-0.25, -0.2) is 4.98 Å². The number of hydrogen-bond acceptors (Lipinski definition) is 4. The Labute approximate surface area is 104 Å². The first-order chi connectivity index (χ1) is 8.31. The molecular weight excluding hydrogens is 234 g/mol. The van der Waals surface area contributed by atoms with Crippen LogP contribution in [0, 0.1) is 0 Å². The second-order valence-electron chi connectivity index (χ2n) is 3.63. The maximum atomic E-state index is 10.5. The topological polar surface area (TPSA) is 39.2 Å². The summed E-state index contributed by atoms with van der Waals surface area (Å²) in [6.07, 6.45) is 2.58. The molecule has 0 aliphatic rings. The van der Waals surface area contributed by atoms with Crippen molar-refractivity contribution in [2.24, 2.45) is 0 Å². The van der Waals surface area contributed by atoms with E-state index in [1.165, 1.54) is 16.9 Å². The highest BCUT2D eigenvalue weighted by Gasteiger charge is 2.02. The molecule has 1 aromatic carbocycles. The Bertz CT molecular complexity index is 490. The van der Waals surface area contributed by atoms with Gasteiger partial charge in [0.05, 0.1) is 12.1 Å². The lowest BCUT2D eigenvalue weighted by Crippen LogP contribution is -1.92. The number of rotatable bonds is 5. The normalized spacial score (nSPS) is 10.2. The summed E-state index contributed by atoms with van der Waals surface area (Å²) in [5, 5.41) is 2.79. The molecule has 17 heavy (non-hydrogen) atoms. The minimum absolute atomic E-state index is 0.528. The van der Waals surface area contributed by atoms with Gasteiger partial charge in [0.25, 0.3) is 0 Å². The molecule has 0 aliphatic carbocycles. The Morgan fingerprint density at radius 2 is 2.06 bits per heavy atom. The zero-order valence-electron chi connectivity index (χ0n) is 9.55. The van der Waals surface area contributed by atoms with Crippen molar-refractivity contribution in [3.63, 3.8) is 0 Å². The van der Waals surface area contributed by atoms with E-state index < -0.39 is 0 Å². The number of nitrogens with zero attached hydrogens (tertiary/aromatic N) is 1. The predicted octanol–water partition coefficient (Wildman–Crippen LogP) is 2.75. The number of aryl methyl sites for hydroxylation is 2. The number of methoxy groups -OCH3 is 1. The number of aromatic nitrogens is 1. The van der Waals surface area contributed by atoms with Crippen molar-refractivity contribution in [1.82, 2.24) is 4.98 Å². The van der Waals surface area contributed by atoms with Crippen LogP contribution in [-0.2, 0) is 12.8 Å². The van der Waals surface area contributed by atoms with Crippen molar-refractivity contribution in [2.75, 3.05) is 7.11 Å². The van der Waals surface area contributed by atoms with Gasteiger partial charge in [-0.3, -0.25) is 4.79 Å². The van der Waals surface area contributed by atoms with Gasteiger partial charge in [0.1, 0.15) is 11.4 Å². The molecule has 0 radical (unpaired) electrons. The van der Waals surface area contributed by atoms with Crippen LogP contribution in [0.5, 0.6) is 5.75 Å². The van der Waals surface area contributed by atoms with Crippen LogP contribution in [0.1, 0.15) is 21.1 Å². The van der Waals surface area contributed by atoms with Crippen molar-refractivity contribution in [2.45, 2.75) is 12.8 Å². The molecular formula is C13H13NO2S. The van der Waals surface area contributed by atoms with Gasteiger partial charge >= 0.3 is 0 Å².